The molecule has 0 bridgehead atoms. The normalized spacial score (nSPS) is 28.8. The number of carbonyl (C=O) groups is 1. The minimum absolute atomic E-state index is 0.0605. The number of ether oxygens (including phenoxy) is 1. The Kier molecular flexibility index (Phi) is 1.89. The molecule has 2 aliphatic rings. The van der Waals surface area contributed by atoms with E-state index in [-0.39, 0.29) is 18.5 Å². The van der Waals surface area contributed by atoms with E-state index in [2.05, 4.69) is 0 Å². The van der Waals surface area contributed by atoms with Gasteiger partial charge in [-0.1, -0.05) is 0 Å². The molecule has 1 N–H and O–H groups in total. The number of allylic oxidation sites excluding steroid dienone is 2. The number of ketones is 1. The standard InChI is InChI=1S/C9H12O3/c10-5-6-1-2-7-8(11)3-4-9(7)12-6/h6,10H,1-5H2/t6-/m0/s1. The molecule has 1 heterocycles. The zero-order chi connectivity index (χ0) is 8.55. The van der Waals surface area contributed by atoms with Crippen LogP contribution in [0.1, 0.15) is 25.7 Å². The van der Waals surface area contributed by atoms with Gasteiger partial charge in [-0.3, -0.25) is 4.79 Å². The average molecular weight is 168 g/mol. The predicted octanol–water partition coefficient (Wildman–Crippen LogP) is 0.775. The van der Waals surface area contributed by atoms with Crippen LogP contribution in [0.3, 0.4) is 0 Å². The highest BCUT2D eigenvalue weighted by Crippen LogP contribution is 2.33. The number of aliphatic hydroxyl groups is 1. The molecule has 66 valence electrons. The van der Waals surface area contributed by atoms with Gasteiger partial charge in [0.25, 0.3) is 0 Å². The van der Waals surface area contributed by atoms with Gasteiger partial charge in [0.05, 0.1) is 6.61 Å². The molecule has 0 aromatic carbocycles. The monoisotopic (exact) mass is 168 g/mol. The number of hydrogen-bond donors (Lipinski definition) is 1. The summed E-state index contributed by atoms with van der Waals surface area (Å²) < 4.78 is 5.44. The quantitative estimate of drug-likeness (QED) is 0.629. The Morgan fingerprint density at radius 1 is 1.42 bits per heavy atom. The Morgan fingerprint density at radius 3 is 3.00 bits per heavy atom. The summed E-state index contributed by atoms with van der Waals surface area (Å²) in [4.78, 5) is 11.2. The molecule has 0 aromatic heterocycles. The fourth-order valence-electron chi connectivity index (χ4n) is 1.79. The summed E-state index contributed by atoms with van der Waals surface area (Å²) in [5, 5.41) is 8.84. The van der Waals surface area contributed by atoms with E-state index in [0.29, 0.717) is 6.42 Å². The van der Waals surface area contributed by atoms with Crippen molar-refractivity contribution >= 4 is 5.78 Å². The van der Waals surface area contributed by atoms with Crippen molar-refractivity contribution in [3.8, 4) is 0 Å². The van der Waals surface area contributed by atoms with Crippen LogP contribution in [0.4, 0.5) is 0 Å². The van der Waals surface area contributed by atoms with Gasteiger partial charge in [-0.15, -0.1) is 0 Å². The molecule has 0 saturated carbocycles. The van der Waals surface area contributed by atoms with Crippen molar-refractivity contribution in [1.82, 2.24) is 0 Å². The maximum atomic E-state index is 11.2. The summed E-state index contributed by atoms with van der Waals surface area (Å²) in [6.45, 7) is 0.0605. The molecular formula is C9H12O3. The smallest absolute Gasteiger partial charge is 0.162 e. The molecule has 0 saturated heterocycles. The van der Waals surface area contributed by atoms with Gasteiger partial charge in [0.1, 0.15) is 11.9 Å². The van der Waals surface area contributed by atoms with Crippen molar-refractivity contribution in [1.29, 1.82) is 0 Å². The summed E-state index contributed by atoms with van der Waals surface area (Å²) in [6.07, 6.45) is 2.84. The number of carbonyl (C=O) groups excluding carboxylic acids is 1. The van der Waals surface area contributed by atoms with Crippen molar-refractivity contribution < 1.29 is 14.6 Å². The largest absolute Gasteiger partial charge is 0.492 e. The van der Waals surface area contributed by atoms with Crippen LogP contribution >= 0.6 is 0 Å². The summed E-state index contributed by atoms with van der Waals surface area (Å²) in [5.41, 5.74) is 0.875. The van der Waals surface area contributed by atoms with Gasteiger partial charge in [-0.25, -0.2) is 0 Å². The van der Waals surface area contributed by atoms with E-state index in [1.807, 2.05) is 0 Å². The Labute approximate surface area is 71.0 Å². The minimum atomic E-state index is -0.0744. The van der Waals surface area contributed by atoms with E-state index in [1.165, 1.54) is 0 Å². The molecular weight excluding hydrogens is 156 g/mol. The van der Waals surface area contributed by atoms with Gasteiger partial charge in [-0.05, 0) is 12.8 Å². The lowest BCUT2D eigenvalue weighted by Crippen LogP contribution is -2.21. The molecule has 0 spiro atoms. The van der Waals surface area contributed by atoms with Crippen molar-refractivity contribution in [2.75, 3.05) is 6.61 Å². The van der Waals surface area contributed by atoms with Gasteiger partial charge in [0.2, 0.25) is 0 Å². The Bertz CT molecular complexity index is 242. The molecule has 2 rings (SSSR count). The predicted molar refractivity (Wildman–Crippen MR) is 42.5 cm³/mol. The van der Waals surface area contributed by atoms with Gasteiger partial charge >= 0.3 is 0 Å². The first-order valence-electron chi connectivity index (χ1n) is 4.34. The molecule has 3 heteroatoms. The van der Waals surface area contributed by atoms with Gasteiger partial charge in [0.15, 0.2) is 5.78 Å². The summed E-state index contributed by atoms with van der Waals surface area (Å²) in [6, 6.07) is 0. The second kappa shape index (κ2) is 2.90. The van der Waals surface area contributed by atoms with E-state index < -0.39 is 0 Å². The van der Waals surface area contributed by atoms with Crippen molar-refractivity contribution in [3.63, 3.8) is 0 Å². The van der Waals surface area contributed by atoms with E-state index >= 15 is 0 Å². The highest BCUT2D eigenvalue weighted by Gasteiger charge is 2.30. The topological polar surface area (TPSA) is 46.5 Å². The third-order valence-corrected chi connectivity index (χ3v) is 2.48. The molecule has 12 heavy (non-hydrogen) atoms. The Balaban J connectivity index is 2.14. The van der Waals surface area contributed by atoms with Crippen LogP contribution in [0.2, 0.25) is 0 Å². The zero-order valence-electron chi connectivity index (χ0n) is 6.88. The van der Waals surface area contributed by atoms with Crippen LogP contribution < -0.4 is 0 Å². The summed E-state index contributed by atoms with van der Waals surface area (Å²) >= 11 is 0. The van der Waals surface area contributed by atoms with Gasteiger partial charge < -0.3 is 9.84 Å². The van der Waals surface area contributed by atoms with E-state index in [9.17, 15) is 4.79 Å². The fraction of sp³-hybridized carbons (Fsp3) is 0.667. The molecule has 1 aliphatic heterocycles. The van der Waals surface area contributed by atoms with E-state index in [0.717, 1.165) is 30.6 Å². The van der Waals surface area contributed by atoms with E-state index in [4.69, 9.17) is 9.84 Å². The van der Waals surface area contributed by atoms with Crippen LogP contribution in [-0.2, 0) is 9.53 Å². The number of rotatable bonds is 1. The van der Waals surface area contributed by atoms with Gasteiger partial charge in [-0.2, -0.15) is 0 Å². The first-order chi connectivity index (χ1) is 5.81. The number of aliphatic hydroxyl groups excluding tert-OH is 1. The Hall–Kier alpha value is -0.830. The van der Waals surface area contributed by atoms with Crippen LogP contribution in [0.5, 0.6) is 0 Å². The molecule has 0 radical (unpaired) electrons. The molecule has 3 nitrogen and oxygen atoms in total. The molecule has 1 aliphatic carbocycles. The zero-order valence-corrected chi connectivity index (χ0v) is 6.88. The van der Waals surface area contributed by atoms with E-state index in [1.54, 1.807) is 0 Å². The molecule has 0 unspecified atom stereocenters. The summed E-state index contributed by atoms with van der Waals surface area (Å²) in [7, 11) is 0. The Morgan fingerprint density at radius 2 is 2.25 bits per heavy atom. The molecule has 1 atom stereocenters. The first kappa shape index (κ1) is 7.80. The van der Waals surface area contributed by atoms with Crippen molar-refractivity contribution in [3.05, 3.63) is 11.3 Å². The number of hydrogen-bond acceptors (Lipinski definition) is 3. The summed E-state index contributed by atoms with van der Waals surface area (Å²) in [5.74, 6) is 1.08. The van der Waals surface area contributed by atoms with Crippen molar-refractivity contribution in [2.45, 2.75) is 31.8 Å². The van der Waals surface area contributed by atoms with Crippen LogP contribution in [0.25, 0.3) is 0 Å². The molecule has 0 amide bonds. The van der Waals surface area contributed by atoms with Crippen molar-refractivity contribution in [2.24, 2.45) is 0 Å². The lowest BCUT2D eigenvalue weighted by molar-refractivity contribution is -0.115. The van der Waals surface area contributed by atoms with Crippen LogP contribution in [-0.4, -0.2) is 23.6 Å². The fourth-order valence-corrected chi connectivity index (χ4v) is 1.79. The third-order valence-electron chi connectivity index (χ3n) is 2.48. The highest BCUT2D eigenvalue weighted by atomic mass is 16.5. The third kappa shape index (κ3) is 1.14. The van der Waals surface area contributed by atoms with Gasteiger partial charge in [0, 0.05) is 18.4 Å². The second-order valence-corrected chi connectivity index (χ2v) is 3.29. The highest BCUT2D eigenvalue weighted by molar-refractivity contribution is 5.98. The first-order valence-corrected chi connectivity index (χ1v) is 4.34. The van der Waals surface area contributed by atoms with Crippen LogP contribution in [0, 0.1) is 0 Å². The van der Waals surface area contributed by atoms with Crippen LogP contribution in [0.15, 0.2) is 11.3 Å². The molecule has 0 fully saturated rings. The maximum absolute atomic E-state index is 11.2. The maximum Gasteiger partial charge on any atom is 0.162 e. The average Bonchev–Trinajstić information content (AvgIpc) is 2.47. The lowest BCUT2D eigenvalue weighted by atomic mass is 10.0. The lowest BCUT2D eigenvalue weighted by Gasteiger charge is -2.23. The SMILES string of the molecule is O=C1CCC2=C1CC[C@@H](CO)O2. The molecule has 0 aromatic rings. The second-order valence-electron chi connectivity index (χ2n) is 3.29. The number of Topliss-reactive ketones (excluding diaryl/α,β-unsaturated/α-hetero) is 1. The minimum Gasteiger partial charge on any atom is -0.492 e.